The first-order valence-electron chi connectivity index (χ1n) is 9.07. The van der Waals surface area contributed by atoms with E-state index in [-0.39, 0.29) is 12.1 Å². The highest BCUT2D eigenvalue weighted by molar-refractivity contribution is 8.00. The molecule has 0 aliphatic carbocycles. The van der Waals surface area contributed by atoms with Crippen LogP contribution in [0.15, 0.2) is 53.3 Å². The van der Waals surface area contributed by atoms with Gasteiger partial charge in [-0.2, -0.15) is 24.9 Å². The molecule has 13 heteroatoms. The van der Waals surface area contributed by atoms with Crippen molar-refractivity contribution < 1.29 is 30.8 Å². The van der Waals surface area contributed by atoms with Gasteiger partial charge in [0.05, 0.1) is 5.75 Å². The molecule has 0 aliphatic heterocycles. The summed E-state index contributed by atoms with van der Waals surface area (Å²) in [5.74, 6) is -1.05. The van der Waals surface area contributed by atoms with Crippen LogP contribution in [-0.4, -0.2) is 43.2 Å². The molecule has 1 unspecified atom stereocenters. The Labute approximate surface area is 190 Å². The third kappa shape index (κ3) is 7.40. The lowest BCUT2D eigenvalue weighted by atomic mass is 10.2. The van der Waals surface area contributed by atoms with Crippen LogP contribution in [0.3, 0.4) is 0 Å². The molecule has 32 heavy (non-hydrogen) atoms. The zero-order valence-electron chi connectivity index (χ0n) is 16.2. The Morgan fingerprint density at radius 3 is 2.59 bits per heavy atom. The number of fused-ring (bicyclic) bond motifs is 1. The molecular weight excluding hydrogens is 491 g/mol. The van der Waals surface area contributed by atoms with Gasteiger partial charge in [0.1, 0.15) is 5.52 Å². The number of benzene rings is 2. The molecule has 3 aromatic rings. The van der Waals surface area contributed by atoms with Gasteiger partial charge in [-0.1, -0.05) is 23.7 Å². The standard InChI is InChI=1S/C19H17ClF3N3O4S2/c20-14-4-1-12(2-5-14)9-31-15(10-32(28,29)26-19(21,22)23)8-24-18(27)13-3-6-17-16(7-13)25-11-30-17/h1-7,11,15,26H,8-10H2,(H,24,27). The van der Waals surface area contributed by atoms with E-state index in [0.717, 1.165) is 17.3 Å². The van der Waals surface area contributed by atoms with E-state index in [4.69, 9.17) is 16.0 Å². The Kier molecular flexibility index (Phi) is 7.70. The number of sulfonamides is 1. The van der Waals surface area contributed by atoms with Crippen LogP contribution in [0.5, 0.6) is 0 Å². The first kappa shape index (κ1) is 24.4. The Morgan fingerprint density at radius 2 is 1.91 bits per heavy atom. The topological polar surface area (TPSA) is 101 Å². The summed E-state index contributed by atoms with van der Waals surface area (Å²) in [5.41, 5.74) is 2.00. The number of nitrogens with zero attached hydrogens (tertiary/aromatic N) is 1. The largest absolute Gasteiger partial charge is 0.470 e. The summed E-state index contributed by atoms with van der Waals surface area (Å²) in [6, 6.07) is 11.3. The highest BCUT2D eigenvalue weighted by Gasteiger charge is 2.35. The molecule has 0 aliphatic rings. The van der Waals surface area contributed by atoms with Crippen molar-refractivity contribution in [3.05, 3.63) is 65.0 Å². The molecule has 172 valence electrons. The van der Waals surface area contributed by atoms with Crippen molar-refractivity contribution in [2.45, 2.75) is 17.3 Å². The average Bonchev–Trinajstić information content (AvgIpc) is 3.16. The van der Waals surface area contributed by atoms with Crippen molar-refractivity contribution in [3.63, 3.8) is 0 Å². The summed E-state index contributed by atoms with van der Waals surface area (Å²) in [6.07, 6.45) is -3.85. The third-order valence-electron chi connectivity index (χ3n) is 4.16. The number of hydrogen-bond acceptors (Lipinski definition) is 6. The van der Waals surface area contributed by atoms with E-state index < -0.39 is 33.2 Å². The molecule has 1 atom stereocenters. The van der Waals surface area contributed by atoms with Crippen LogP contribution in [0.4, 0.5) is 13.2 Å². The maximum absolute atomic E-state index is 12.5. The van der Waals surface area contributed by atoms with Crippen LogP contribution < -0.4 is 10.0 Å². The molecule has 0 fully saturated rings. The van der Waals surface area contributed by atoms with Gasteiger partial charge in [-0.15, -0.1) is 4.72 Å². The second-order valence-electron chi connectivity index (χ2n) is 6.69. The minimum atomic E-state index is -5.08. The van der Waals surface area contributed by atoms with E-state index in [1.54, 1.807) is 30.3 Å². The summed E-state index contributed by atoms with van der Waals surface area (Å²) in [6.45, 7) is -0.174. The highest BCUT2D eigenvalue weighted by atomic mass is 35.5. The van der Waals surface area contributed by atoms with E-state index in [0.29, 0.717) is 26.6 Å². The first-order chi connectivity index (χ1) is 15.0. The smallest absolute Gasteiger partial charge is 0.443 e. The van der Waals surface area contributed by atoms with Crippen molar-refractivity contribution >= 4 is 50.4 Å². The van der Waals surface area contributed by atoms with Crippen molar-refractivity contribution in [2.24, 2.45) is 0 Å². The summed E-state index contributed by atoms with van der Waals surface area (Å²) >= 11 is 6.94. The minimum Gasteiger partial charge on any atom is -0.443 e. The Balaban J connectivity index is 1.68. The summed E-state index contributed by atoms with van der Waals surface area (Å²) in [7, 11) is -4.67. The average molecular weight is 508 g/mol. The lowest BCUT2D eigenvalue weighted by Crippen LogP contribution is -2.43. The van der Waals surface area contributed by atoms with Crippen molar-refractivity contribution in [1.29, 1.82) is 0 Å². The quantitative estimate of drug-likeness (QED) is 0.425. The van der Waals surface area contributed by atoms with E-state index >= 15 is 0 Å². The summed E-state index contributed by atoms with van der Waals surface area (Å²) in [4.78, 5) is 16.4. The number of thioether (sulfide) groups is 1. The number of alkyl halides is 3. The zero-order valence-corrected chi connectivity index (χ0v) is 18.6. The van der Waals surface area contributed by atoms with Crippen molar-refractivity contribution in [1.82, 2.24) is 15.0 Å². The Hall–Kier alpha value is -2.28. The number of carbonyl (C=O) groups excluding carboxylic acids is 1. The van der Waals surface area contributed by atoms with E-state index in [1.807, 2.05) is 0 Å². The second kappa shape index (κ2) is 10.1. The summed E-state index contributed by atoms with van der Waals surface area (Å²) < 4.78 is 67.3. The van der Waals surface area contributed by atoms with Gasteiger partial charge in [0.15, 0.2) is 12.0 Å². The molecule has 1 aromatic heterocycles. The fourth-order valence-corrected chi connectivity index (χ4v) is 5.64. The Morgan fingerprint density at radius 1 is 1.19 bits per heavy atom. The van der Waals surface area contributed by atoms with E-state index in [1.165, 1.54) is 18.5 Å². The molecule has 3 rings (SSSR count). The molecule has 0 radical (unpaired) electrons. The van der Waals surface area contributed by atoms with Crippen LogP contribution >= 0.6 is 23.4 Å². The molecule has 1 heterocycles. The highest BCUT2D eigenvalue weighted by Crippen LogP contribution is 2.22. The molecular formula is C19H17ClF3N3O4S2. The van der Waals surface area contributed by atoms with E-state index in [2.05, 4.69) is 10.3 Å². The monoisotopic (exact) mass is 507 g/mol. The van der Waals surface area contributed by atoms with Gasteiger partial charge in [-0.25, -0.2) is 13.4 Å². The van der Waals surface area contributed by atoms with Crippen molar-refractivity contribution in [2.75, 3.05) is 12.3 Å². The number of aromatic nitrogens is 1. The number of amides is 1. The zero-order chi connectivity index (χ0) is 23.4. The van der Waals surface area contributed by atoms with Gasteiger partial charge in [-0.05, 0) is 35.9 Å². The van der Waals surface area contributed by atoms with Gasteiger partial charge in [0.25, 0.3) is 5.91 Å². The number of carbonyl (C=O) groups is 1. The third-order valence-corrected chi connectivity index (χ3v) is 7.31. The maximum atomic E-state index is 12.5. The number of hydrogen-bond donors (Lipinski definition) is 2. The van der Waals surface area contributed by atoms with Gasteiger partial charge < -0.3 is 9.73 Å². The number of halogens is 4. The summed E-state index contributed by atoms with van der Waals surface area (Å²) in [5, 5.41) is 2.23. The number of oxazole rings is 1. The molecule has 2 N–H and O–H groups in total. The van der Waals surface area contributed by atoms with Crippen LogP contribution in [0.2, 0.25) is 5.02 Å². The molecule has 0 bridgehead atoms. The van der Waals surface area contributed by atoms with Gasteiger partial charge >= 0.3 is 6.30 Å². The van der Waals surface area contributed by atoms with E-state index in [9.17, 15) is 26.4 Å². The fraction of sp³-hybridized carbons (Fsp3) is 0.263. The normalized spacial score (nSPS) is 13.2. The lowest BCUT2D eigenvalue weighted by Gasteiger charge is -2.19. The number of rotatable bonds is 9. The predicted octanol–water partition coefficient (Wildman–Crippen LogP) is 3.95. The molecule has 0 saturated heterocycles. The minimum absolute atomic E-state index is 0.174. The second-order valence-corrected chi connectivity index (χ2v) is 10.2. The predicted molar refractivity (Wildman–Crippen MR) is 116 cm³/mol. The molecule has 0 saturated carbocycles. The van der Waals surface area contributed by atoms with Gasteiger partial charge in [0.2, 0.25) is 10.0 Å². The van der Waals surface area contributed by atoms with Crippen LogP contribution in [-0.2, 0) is 15.8 Å². The molecule has 7 nitrogen and oxygen atoms in total. The SMILES string of the molecule is O=C(NCC(CS(=O)(=O)NC(F)(F)F)SCc1ccc(Cl)cc1)c1ccc2ocnc2c1. The lowest BCUT2D eigenvalue weighted by molar-refractivity contribution is -0.138. The fourth-order valence-electron chi connectivity index (χ4n) is 2.73. The van der Waals surface area contributed by atoms with Crippen LogP contribution in [0, 0.1) is 0 Å². The maximum Gasteiger partial charge on any atom is 0.470 e. The van der Waals surface area contributed by atoms with Gasteiger partial charge in [0, 0.05) is 28.1 Å². The molecule has 0 spiro atoms. The molecule has 2 aromatic carbocycles. The van der Waals surface area contributed by atoms with Crippen LogP contribution in [0.1, 0.15) is 15.9 Å². The van der Waals surface area contributed by atoms with Crippen LogP contribution in [0.25, 0.3) is 11.1 Å². The molecule has 1 amide bonds. The number of nitrogens with one attached hydrogen (secondary N) is 2. The Bertz CT molecular complexity index is 1180. The van der Waals surface area contributed by atoms with Crippen molar-refractivity contribution in [3.8, 4) is 0 Å². The first-order valence-corrected chi connectivity index (χ1v) is 12.1. The van der Waals surface area contributed by atoms with Gasteiger partial charge in [-0.3, -0.25) is 4.79 Å².